The molecular formula is C26H24Cl3NO9. The van der Waals surface area contributed by atoms with E-state index in [4.69, 9.17) is 68.6 Å². The molecule has 208 valence electrons. The summed E-state index contributed by atoms with van der Waals surface area (Å²) in [6, 6.07) is 15.9. The quantitative estimate of drug-likeness (QED) is 0.108. The summed E-state index contributed by atoms with van der Waals surface area (Å²) in [5.74, 6) is -2.50. The highest BCUT2D eigenvalue weighted by Gasteiger charge is 2.53. The monoisotopic (exact) mass is 599 g/mol. The number of nitrogens with one attached hydrogen (secondary N) is 1. The van der Waals surface area contributed by atoms with Gasteiger partial charge < -0.3 is 28.4 Å². The molecular weight excluding hydrogens is 577 g/mol. The van der Waals surface area contributed by atoms with Gasteiger partial charge in [0.15, 0.2) is 12.2 Å². The van der Waals surface area contributed by atoms with E-state index in [-0.39, 0.29) is 17.7 Å². The van der Waals surface area contributed by atoms with Crippen molar-refractivity contribution < 1.29 is 42.8 Å². The van der Waals surface area contributed by atoms with Gasteiger partial charge in [0.1, 0.15) is 6.61 Å². The first-order valence-corrected chi connectivity index (χ1v) is 12.6. The van der Waals surface area contributed by atoms with Crippen LogP contribution in [0.15, 0.2) is 73.3 Å². The third-order valence-electron chi connectivity index (χ3n) is 5.28. The number of carbonyl (C=O) groups excluding carboxylic acids is 3. The molecule has 1 N–H and O–H groups in total. The second kappa shape index (κ2) is 13.7. The van der Waals surface area contributed by atoms with Gasteiger partial charge >= 0.3 is 18.1 Å². The number of hydrogen-bond acceptors (Lipinski definition) is 10. The van der Waals surface area contributed by atoms with Gasteiger partial charge in [0.2, 0.25) is 18.3 Å². The van der Waals surface area contributed by atoms with Crippen molar-refractivity contribution in [3.8, 4) is 0 Å². The largest absolute Gasteiger partial charge is 0.509 e. The summed E-state index contributed by atoms with van der Waals surface area (Å²) in [5, 5.41) is 7.99. The van der Waals surface area contributed by atoms with Crippen LogP contribution < -0.4 is 0 Å². The molecule has 1 aliphatic rings. The van der Waals surface area contributed by atoms with E-state index < -0.39 is 58.5 Å². The van der Waals surface area contributed by atoms with Crippen LogP contribution in [0.5, 0.6) is 0 Å². The van der Waals surface area contributed by atoms with Gasteiger partial charge in [-0.25, -0.2) is 14.4 Å². The first-order chi connectivity index (χ1) is 18.5. The number of halogens is 3. The predicted octanol–water partition coefficient (Wildman–Crippen LogP) is 5.25. The van der Waals surface area contributed by atoms with Crippen molar-refractivity contribution in [3.05, 3.63) is 84.4 Å². The van der Waals surface area contributed by atoms with Crippen molar-refractivity contribution >= 4 is 58.8 Å². The molecule has 10 nitrogen and oxygen atoms in total. The summed E-state index contributed by atoms with van der Waals surface area (Å²) in [4.78, 5) is 38.4. The Balaban J connectivity index is 1.99. The smallest absolute Gasteiger partial charge is 0.452 e. The Kier molecular flexibility index (Phi) is 10.6. The fourth-order valence-corrected chi connectivity index (χ4v) is 3.61. The molecule has 1 fully saturated rings. The van der Waals surface area contributed by atoms with Gasteiger partial charge in [-0.1, -0.05) is 83.9 Å². The SMILES string of the molecule is C=CCOC(=O)O[C@@H]1[C@@H](OC(=O)c2ccccc2)[C@H](C)O[C@@H](OC(=N)C(Cl)(Cl)Cl)[C@@H]1OC(=O)c1ccccc1. The topological polar surface area (TPSA) is 130 Å². The Morgan fingerprint density at radius 1 is 0.872 bits per heavy atom. The molecule has 1 saturated heterocycles. The van der Waals surface area contributed by atoms with Crippen LogP contribution in [0.1, 0.15) is 27.6 Å². The van der Waals surface area contributed by atoms with E-state index in [9.17, 15) is 14.4 Å². The summed E-state index contributed by atoms with van der Waals surface area (Å²) >= 11 is 17.3. The second-order valence-corrected chi connectivity index (χ2v) is 10.3. The van der Waals surface area contributed by atoms with Gasteiger partial charge in [0.05, 0.1) is 17.2 Å². The first-order valence-electron chi connectivity index (χ1n) is 11.5. The number of alkyl halides is 3. The van der Waals surface area contributed by atoms with Gasteiger partial charge in [-0.05, 0) is 31.2 Å². The fourth-order valence-electron chi connectivity index (χ4n) is 3.48. The molecule has 0 aliphatic carbocycles. The standard InChI is InChI=1S/C26H24Cl3NO9/c1-3-14-34-25(33)38-19-18(36-21(31)16-10-6-4-7-11-16)15(2)35-23(39-24(30)26(27,28)29)20(19)37-22(32)17-12-8-5-9-13-17/h3-13,15,18-20,23,30H,1,14H2,2H3/t15-,18-,19+,20+,23-/m0/s1. The maximum Gasteiger partial charge on any atom is 0.509 e. The van der Waals surface area contributed by atoms with Crippen LogP contribution in [0.25, 0.3) is 0 Å². The van der Waals surface area contributed by atoms with Crippen LogP contribution in [0, 0.1) is 5.41 Å². The maximum atomic E-state index is 13.0. The highest BCUT2D eigenvalue weighted by Crippen LogP contribution is 2.34. The highest BCUT2D eigenvalue weighted by molar-refractivity contribution is 6.76. The summed E-state index contributed by atoms with van der Waals surface area (Å²) in [6.07, 6.45) is -7.03. The Bertz CT molecular complexity index is 1170. The van der Waals surface area contributed by atoms with E-state index in [2.05, 4.69) is 6.58 Å². The molecule has 1 aliphatic heterocycles. The molecule has 0 saturated carbocycles. The van der Waals surface area contributed by atoms with Crippen molar-refractivity contribution in [3.63, 3.8) is 0 Å². The van der Waals surface area contributed by atoms with Crippen LogP contribution in [0.3, 0.4) is 0 Å². The third kappa shape index (κ3) is 8.34. The number of esters is 2. The molecule has 1 heterocycles. The van der Waals surface area contributed by atoms with E-state index >= 15 is 0 Å². The first kappa shape index (κ1) is 30.2. The molecule has 13 heteroatoms. The lowest BCUT2D eigenvalue weighted by Gasteiger charge is -2.43. The Morgan fingerprint density at radius 3 is 1.87 bits per heavy atom. The molecule has 0 bridgehead atoms. The van der Waals surface area contributed by atoms with E-state index in [0.717, 1.165) is 0 Å². The number of hydrogen-bond donors (Lipinski definition) is 1. The van der Waals surface area contributed by atoms with Gasteiger partial charge in [0, 0.05) is 0 Å². The van der Waals surface area contributed by atoms with Gasteiger partial charge in [-0.2, -0.15) is 0 Å². The van der Waals surface area contributed by atoms with Crippen LogP contribution in [-0.4, -0.2) is 65.1 Å². The van der Waals surface area contributed by atoms with Crippen LogP contribution in [0.2, 0.25) is 0 Å². The van der Waals surface area contributed by atoms with Gasteiger partial charge in [-0.15, -0.1) is 0 Å². The minimum Gasteiger partial charge on any atom is -0.452 e. The molecule has 5 atom stereocenters. The zero-order valence-electron chi connectivity index (χ0n) is 20.5. The number of carbonyl (C=O) groups is 3. The van der Waals surface area contributed by atoms with Crippen LogP contribution in [0.4, 0.5) is 4.79 Å². The second-order valence-electron chi connectivity index (χ2n) is 8.06. The fraction of sp³-hybridized carbons (Fsp3) is 0.308. The maximum absolute atomic E-state index is 13.0. The van der Waals surface area contributed by atoms with Gasteiger partial charge in [0.25, 0.3) is 3.79 Å². The van der Waals surface area contributed by atoms with Crippen molar-refractivity contribution in [1.82, 2.24) is 0 Å². The van der Waals surface area contributed by atoms with Crippen molar-refractivity contribution in [1.29, 1.82) is 5.41 Å². The lowest BCUT2D eigenvalue weighted by Crippen LogP contribution is -2.62. The zero-order chi connectivity index (χ0) is 28.6. The Morgan fingerprint density at radius 2 is 1.38 bits per heavy atom. The average Bonchev–Trinajstić information content (AvgIpc) is 2.91. The lowest BCUT2D eigenvalue weighted by atomic mass is 9.98. The third-order valence-corrected chi connectivity index (χ3v) is 5.79. The Labute approximate surface area is 239 Å². The summed E-state index contributed by atoms with van der Waals surface area (Å²) in [6.45, 7) is 4.75. The summed E-state index contributed by atoms with van der Waals surface area (Å²) in [7, 11) is 0. The average molecular weight is 601 g/mol. The number of benzene rings is 2. The zero-order valence-corrected chi connectivity index (χ0v) is 22.7. The molecule has 2 aromatic carbocycles. The molecule has 0 unspecified atom stereocenters. The number of rotatable bonds is 8. The van der Waals surface area contributed by atoms with E-state index in [1.54, 1.807) is 36.4 Å². The van der Waals surface area contributed by atoms with Crippen LogP contribution in [-0.2, 0) is 28.4 Å². The molecule has 0 spiro atoms. The molecule has 3 rings (SSSR count). The van der Waals surface area contributed by atoms with E-state index in [0.29, 0.717) is 0 Å². The molecule has 0 radical (unpaired) electrons. The molecule has 39 heavy (non-hydrogen) atoms. The normalized spacial score (nSPS) is 22.6. The molecule has 0 amide bonds. The minimum atomic E-state index is -2.30. The highest BCUT2D eigenvalue weighted by atomic mass is 35.6. The van der Waals surface area contributed by atoms with Crippen LogP contribution >= 0.6 is 34.8 Å². The molecule has 0 aromatic heterocycles. The molecule has 2 aromatic rings. The summed E-state index contributed by atoms with van der Waals surface area (Å²) in [5.41, 5.74) is 0.337. The lowest BCUT2D eigenvalue weighted by molar-refractivity contribution is -0.272. The van der Waals surface area contributed by atoms with Crippen molar-refractivity contribution in [2.24, 2.45) is 0 Å². The number of ether oxygens (including phenoxy) is 6. The predicted molar refractivity (Wildman–Crippen MR) is 141 cm³/mol. The van der Waals surface area contributed by atoms with E-state index in [1.165, 1.54) is 37.3 Å². The summed E-state index contributed by atoms with van der Waals surface area (Å²) < 4.78 is 30.6. The van der Waals surface area contributed by atoms with Gasteiger partial charge in [-0.3, -0.25) is 5.41 Å². The van der Waals surface area contributed by atoms with Crippen molar-refractivity contribution in [2.75, 3.05) is 6.61 Å². The Hall–Kier alpha value is -3.31. The van der Waals surface area contributed by atoms with Crippen molar-refractivity contribution in [2.45, 2.75) is 41.4 Å². The minimum absolute atomic E-state index is 0.136. The van der Waals surface area contributed by atoms with E-state index in [1.807, 2.05) is 0 Å².